The van der Waals surface area contributed by atoms with Gasteiger partial charge in [-0.15, -0.1) is 0 Å². The van der Waals surface area contributed by atoms with E-state index in [1.165, 1.54) is 0 Å². The molecule has 0 saturated heterocycles. The van der Waals surface area contributed by atoms with Crippen molar-refractivity contribution in [3.8, 4) is 0 Å². The van der Waals surface area contributed by atoms with Crippen molar-refractivity contribution >= 4 is 0 Å². The van der Waals surface area contributed by atoms with E-state index in [1.807, 2.05) is 55.8 Å². The van der Waals surface area contributed by atoms with Crippen molar-refractivity contribution in [2.45, 2.75) is 5.92 Å². The smallest absolute Gasteiger partial charge is 0.0560 e. The Labute approximate surface area is 95.6 Å². The normalized spacial score (nSPS) is 10.6. The number of likely N-dealkylation sites (N-methyl/N-ethyl adjacent to an activating group) is 1. The van der Waals surface area contributed by atoms with E-state index < -0.39 is 0 Å². The molecule has 1 N–H and O–H groups in total. The van der Waals surface area contributed by atoms with Gasteiger partial charge in [-0.2, -0.15) is 0 Å². The van der Waals surface area contributed by atoms with Crippen molar-refractivity contribution in [2.75, 3.05) is 13.6 Å². The van der Waals surface area contributed by atoms with Crippen LogP contribution in [0.1, 0.15) is 17.3 Å². The van der Waals surface area contributed by atoms with Crippen molar-refractivity contribution < 1.29 is 0 Å². The Morgan fingerprint density at radius 2 is 1.56 bits per heavy atom. The van der Waals surface area contributed by atoms with Crippen LogP contribution in [-0.4, -0.2) is 23.6 Å². The van der Waals surface area contributed by atoms with Gasteiger partial charge in [0.05, 0.1) is 17.3 Å². The van der Waals surface area contributed by atoms with Gasteiger partial charge in [0, 0.05) is 18.9 Å². The molecule has 0 aliphatic heterocycles. The molecule has 2 heterocycles. The van der Waals surface area contributed by atoms with Crippen LogP contribution in [-0.2, 0) is 0 Å². The molecule has 2 aromatic rings. The molecule has 3 nitrogen and oxygen atoms in total. The fourth-order valence-electron chi connectivity index (χ4n) is 1.73. The van der Waals surface area contributed by atoms with Crippen molar-refractivity contribution in [1.29, 1.82) is 0 Å². The third-order valence-electron chi connectivity index (χ3n) is 2.50. The van der Waals surface area contributed by atoms with E-state index >= 15 is 0 Å². The molecule has 0 atom stereocenters. The fourth-order valence-corrected chi connectivity index (χ4v) is 1.73. The zero-order chi connectivity index (χ0) is 11.2. The molecule has 0 amide bonds. The molecule has 0 radical (unpaired) electrons. The highest BCUT2D eigenvalue weighted by atomic mass is 14.8. The lowest BCUT2D eigenvalue weighted by molar-refractivity contribution is 0.676. The molecule has 0 aliphatic rings. The van der Waals surface area contributed by atoms with Crippen molar-refractivity contribution in [3.05, 3.63) is 60.2 Å². The predicted molar refractivity (Wildman–Crippen MR) is 64.2 cm³/mol. The number of hydrogen-bond donors (Lipinski definition) is 1. The van der Waals surface area contributed by atoms with Gasteiger partial charge < -0.3 is 5.32 Å². The summed E-state index contributed by atoms with van der Waals surface area (Å²) >= 11 is 0. The second-order valence-corrected chi connectivity index (χ2v) is 3.62. The quantitative estimate of drug-likeness (QED) is 0.842. The molecule has 0 aliphatic carbocycles. The van der Waals surface area contributed by atoms with Crippen LogP contribution in [0.25, 0.3) is 0 Å². The Morgan fingerprint density at radius 1 is 1.00 bits per heavy atom. The Kier molecular flexibility index (Phi) is 3.62. The number of rotatable bonds is 4. The molecule has 0 unspecified atom stereocenters. The first-order valence-electron chi connectivity index (χ1n) is 5.38. The molecule has 2 aromatic heterocycles. The van der Waals surface area contributed by atoms with Gasteiger partial charge in [0.15, 0.2) is 0 Å². The molecule has 82 valence electrons. The number of nitrogens with zero attached hydrogens (tertiary/aromatic N) is 2. The third kappa shape index (κ3) is 2.44. The zero-order valence-corrected chi connectivity index (χ0v) is 9.30. The van der Waals surface area contributed by atoms with Crippen LogP contribution in [0.5, 0.6) is 0 Å². The summed E-state index contributed by atoms with van der Waals surface area (Å²) in [5.74, 6) is 0.215. The molecule has 3 heteroatoms. The largest absolute Gasteiger partial charge is 0.319 e. The predicted octanol–water partition coefficient (Wildman–Crippen LogP) is 1.83. The SMILES string of the molecule is CNCC(c1ccccn1)c1ccccn1. The lowest BCUT2D eigenvalue weighted by Gasteiger charge is -2.15. The highest BCUT2D eigenvalue weighted by Crippen LogP contribution is 2.19. The van der Waals surface area contributed by atoms with Gasteiger partial charge in [-0.25, -0.2) is 0 Å². The summed E-state index contributed by atoms with van der Waals surface area (Å²) in [5, 5.41) is 3.18. The molecule has 16 heavy (non-hydrogen) atoms. The Balaban J connectivity index is 2.31. The molecule has 0 spiro atoms. The van der Waals surface area contributed by atoms with Crippen LogP contribution >= 0.6 is 0 Å². The number of hydrogen-bond acceptors (Lipinski definition) is 3. The highest BCUT2D eigenvalue weighted by molar-refractivity contribution is 5.23. The summed E-state index contributed by atoms with van der Waals surface area (Å²) < 4.78 is 0. The van der Waals surface area contributed by atoms with E-state index in [2.05, 4.69) is 15.3 Å². The summed E-state index contributed by atoms with van der Waals surface area (Å²) in [4.78, 5) is 8.79. The molecule has 2 rings (SSSR count). The summed E-state index contributed by atoms with van der Waals surface area (Å²) in [6, 6.07) is 12.0. The van der Waals surface area contributed by atoms with Crippen molar-refractivity contribution in [3.63, 3.8) is 0 Å². The Morgan fingerprint density at radius 3 is 1.94 bits per heavy atom. The average molecular weight is 213 g/mol. The number of aromatic nitrogens is 2. The van der Waals surface area contributed by atoms with Crippen LogP contribution in [0.4, 0.5) is 0 Å². The van der Waals surface area contributed by atoms with E-state index in [0.29, 0.717) is 0 Å². The van der Waals surface area contributed by atoms with Gasteiger partial charge in [0.1, 0.15) is 0 Å². The van der Waals surface area contributed by atoms with Crippen molar-refractivity contribution in [1.82, 2.24) is 15.3 Å². The second-order valence-electron chi connectivity index (χ2n) is 3.62. The average Bonchev–Trinajstić information content (AvgIpc) is 2.38. The Hall–Kier alpha value is -1.74. The minimum Gasteiger partial charge on any atom is -0.319 e. The highest BCUT2D eigenvalue weighted by Gasteiger charge is 2.14. The van der Waals surface area contributed by atoms with E-state index in [1.54, 1.807) is 0 Å². The summed E-state index contributed by atoms with van der Waals surface area (Å²) in [7, 11) is 1.94. The van der Waals surface area contributed by atoms with Gasteiger partial charge in [0.25, 0.3) is 0 Å². The second kappa shape index (κ2) is 5.37. The van der Waals surface area contributed by atoms with Crippen LogP contribution in [0.15, 0.2) is 48.8 Å². The van der Waals surface area contributed by atoms with Crippen LogP contribution in [0.3, 0.4) is 0 Å². The summed E-state index contributed by atoms with van der Waals surface area (Å²) in [6.45, 7) is 0.841. The lowest BCUT2D eigenvalue weighted by Crippen LogP contribution is -2.19. The van der Waals surface area contributed by atoms with E-state index in [9.17, 15) is 0 Å². The molecular formula is C13H15N3. The third-order valence-corrected chi connectivity index (χ3v) is 2.50. The lowest BCUT2D eigenvalue weighted by atomic mass is 10.00. The minimum atomic E-state index is 0.215. The summed E-state index contributed by atoms with van der Waals surface area (Å²) in [6.07, 6.45) is 3.64. The maximum absolute atomic E-state index is 4.39. The van der Waals surface area contributed by atoms with Crippen LogP contribution < -0.4 is 5.32 Å². The number of pyridine rings is 2. The van der Waals surface area contributed by atoms with E-state index in [-0.39, 0.29) is 5.92 Å². The molecule has 0 saturated carbocycles. The maximum Gasteiger partial charge on any atom is 0.0560 e. The maximum atomic E-state index is 4.39. The zero-order valence-electron chi connectivity index (χ0n) is 9.30. The monoisotopic (exact) mass is 213 g/mol. The van der Waals surface area contributed by atoms with Crippen LogP contribution in [0, 0.1) is 0 Å². The molecule has 0 bridgehead atoms. The van der Waals surface area contributed by atoms with Gasteiger partial charge in [-0.1, -0.05) is 12.1 Å². The van der Waals surface area contributed by atoms with Crippen molar-refractivity contribution in [2.24, 2.45) is 0 Å². The van der Waals surface area contributed by atoms with Gasteiger partial charge >= 0.3 is 0 Å². The Bertz CT molecular complexity index is 374. The standard InChI is InChI=1S/C13H15N3/c1-14-10-11(12-6-2-4-8-15-12)13-7-3-5-9-16-13/h2-9,11,14H,10H2,1H3. The fraction of sp³-hybridized carbons (Fsp3) is 0.231. The summed E-state index contributed by atoms with van der Waals surface area (Å²) in [5.41, 5.74) is 2.10. The van der Waals surface area contributed by atoms with Gasteiger partial charge in [-0.3, -0.25) is 9.97 Å². The van der Waals surface area contributed by atoms with E-state index in [4.69, 9.17) is 0 Å². The molecule has 0 aromatic carbocycles. The molecular weight excluding hydrogens is 198 g/mol. The van der Waals surface area contributed by atoms with E-state index in [0.717, 1.165) is 17.9 Å². The topological polar surface area (TPSA) is 37.8 Å². The minimum absolute atomic E-state index is 0.215. The van der Waals surface area contributed by atoms with Crippen LogP contribution in [0.2, 0.25) is 0 Å². The number of nitrogens with one attached hydrogen (secondary N) is 1. The van der Waals surface area contributed by atoms with Gasteiger partial charge in [0.2, 0.25) is 0 Å². The van der Waals surface area contributed by atoms with Gasteiger partial charge in [-0.05, 0) is 31.3 Å². The first kappa shape index (κ1) is 10.8. The first-order valence-corrected chi connectivity index (χ1v) is 5.38. The molecule has 0 fully saturated rings. The first-order chi connectivity index (χ1) is 7.92.